The first-order valence-electron chi connectivity index (χ1n) is 6.33. The van der Waals surface area contributed by atoms with Gasteiger partial charge in [-0.3, -0.25) is 4.79 Å². The van der Waals surface area contributed by atoms with E-state index in [1.807, 2.05) is 0 Å². The van der Waals surface area contributed by atoms with Crippen molar-refractivity contribution in [3.05, 3.63) is 0 Å². The molecular weight excluding hydrogens is 218 g/mol. The van der Waals surface area contributed by atoms with E-state index in [2.05, 4.69) is 24.3 Å². The lowest BCUT2D eigenvalue weighted by atomic mass is 9.61. The second-order valence-electron chi connectivity index (χ2n) is 5.04. The Balaban J connectivity index is 2.51. The highest BCUT2D eigenvalue weighted by atomic mass is 16.4. The molecule has 17 heavy (non-hydrogen) atoms. The molecule has 0 saturated heterocycles. The first-order valence-corrected chi connectivity index (χ1v) is 6.33. The zero-order valence-electron chi connectivity index (χ0n) is 10.7. The Bertz CT molecular complexity index is 296. The Hall–Kier alpha value is -1.26. The van der Waals surface area contributed by atoms with Crippen LogP contribution in [0.5, 0.6) is 0 Å². The van der Waals surface area contributed by atoms with Crippen LogP contribution in [0.25, 0.3) is 0 Å². The Morgan fingerprint density at radius 3 is 2.65 bits per heavy atom. The van der Waals surface area contributed by atoms with E-state index in [0.717, 1.165) is 19.3 Å². The summed E-state index contributed by atoms with van der Waals surface area (Å²) in [6, 6.07) is 0. The molecule has 0 aromatic carbocycles. The number of unbranched alkanes of at least 4 members (excludes halogenated alkanes) is 2. The number of oxime groups is 1. The van der Waals surface area contributed by atoms with Gasteiger partial charge in [0.05, 0.1) is 0 Å². The fourth-order valence-corrected chi connectivity index (χ4v) is 2.48. The molecule has 0 heterocycles. The molecule has 5 nitrogen and oxygen atoms in total. The predicted molar refractivity (Wildman–Crippen MR) is 66.8 cm³/mol. The van der Waals surface area contributed by atoms with Crippen molar-refractivity contribution in [3.63, 3.8) is 0 Å². The molecule has 0 bridgehead atoms. The van der Waals surface area contributed by atoms with E-state index >= 15 is 0 Å². The molecule has 0 aliphatic heterocycles. The van der Waals surface area contributed by atoms with Crippen LogP contribution in [0.4, 0.5) is 0 Å². The van der Waals surface area contributed by atoms with Gasteiger partial charge in [-0.15, -0.1) is 0 Å². The lowest BCUT2D eigenvalue weighted by Crippen LogP contribution is -2.56. The molecule has 1 saturated carbocycles. The lowest BCUT2D eigenvalue weighted by Gasteiger charge is -2.43. The number of nitrogens with two attached hydrogens (primary N) is 1. The first-order chi connectivity index (χ1) is 8.06. The van der Waals surface area contributed by atoms with Crippen LogP contribution in [0.3, 0.4) is 0 Å². The summed E-state index contributed by atoms with van der Waals surface area (Å²) in [5, 5.41) is 14.7. The number of carbonyl (C=O) groups excluding carboxylic acids is 1. The van der Waals surface area contributed by atoms with Gasteiger partial charge in [-0.25, -0.2) is 0 Å². The molecule has 1 aliphatic carbocycles. The third-order valence-corrected chi connectivity index (χ3v) is 3.49. The summed E-state index contributed by atoms with van der Waals surface area (Å²) in [6.45, 7) is 4.85. The number of hydrogen-bond donors (Lipinski definition) is 3. The van der Waals surface area contributed by atoms with Crippen molar-refractivity contribution < 1.29 is 10.0 Å². The van der Waals surface area contributed by atoms with Gasteiger partial charge in [-0.05, 0) is 25.2 Å². The van der Waals surface area contributed by atoms with Crippen molar-refractivity contribution in [2.45, 2.75) is 46.0 Å². The highest BCUT2D eigenvalue weighted by molar-refractivity contribution is 6.07. The van der Waals surface area contributed by atoms with E-state index in [1.54, 1.807) is 0 Å². The van der Waals surface area contributed by atoms with Crippen LogP contribution >= 0.6 is 0 Å². The molecular formula is C12H23N3O2. The minimum atomic E-state index is -0.764. The van der Waals surface area contributed by atoms with Gasteiger partial charge in [0.25, 0.3) is 0 Å². The number of nitrogens with zero attached hydrogens (tertiary/aromatic N) is 1. The Morgan fingerprint density at radius 2 is 2.18 bits per heavy atom. The van der Waals surface area contributed by atoms with Gasteiger partial charge in [0.1, 0.15) is 5.41 Å². The van der Waals surface area contributed by atoms with E-state index in [1.165, 1.54) is 0 Å². The van der Waals surface area contributed by atoms with Crippen molar-refractivity contribution in [3.8, 4) is 0 Å². The average Bonchev–Trinajstić information content (AvgIpc) is 2.29. The molecule has 0 unspecified atom stereocenters. The van der Waals surface area contributed by atoms with Crippen LogP contribution < -0.4 is 11.1 Å². The van der Waals surface area contributed by atoms with Crippen molar-refractivity contribution in [1.82, 2.24) is 5.32 Å². The Kier molecular flexibility index (Phi) is 4.78. The lowest BCUT2D eigenvalue weighted by molar-refractivity contribution is -0.133. The van der Waals surface area contributed by atoms with Gasteiger partial charge in [0, 0.05) is 6.54 Å². The molecule has 1 fully saturated rings. The maximum Gasteiger partial charge on any atom is 0.233 e. The van der Waals surface area contributed by atoms with E-state index in [9.17, 15) is 4.79 Å². The standard InChI is InChI=1S/C12H23N3O2/c1-3-4-5-6-14-11(16)12(10(13)15-17)7-9(2)8-12/h9,17H,3-8H2,1-2H3,(H2,13,15)(H,14,16). The van der Waals surface area contributed by atoms with Crippen molar-refractivity contribution in [1.29, 1.82) is 0 Å². The SMILES string of the molecule is CCCCCNC(=O)C1(C(N)=NO)CC(C)C1. The van der Waals surface area contributed by atoms with Gasteiger partial charge < -0.3 is 16.3 Å². The fraction of sp³-hybridized carbons (Fsp3) is 0.833. The van der Waals surface area contributed by atoms with Crippen molar-refractivity contribution in [2.75, 3.05) is 6.54 Å². The Labute approximate surface area is 102 Å². The third kappa shape index (κ3) is 2.90. The van der Waals surface area contributed by atoms with Crippen LogP contribution in [0, 0.1) is 11.3 Å². The topological polar surface area (TPSA) is 87.7 Å². The molecule has 0 spiro atoms. The number of rotatable bonds is 6. The average molecular weight is 241 g/mol. The summed E-state index contributed by atoms with van der Waals surface area (Å²) in [4.78, 5) is 12.1. The summed E-state index contributed by atoms with van der Waals surface area (Å²) < 4.78 is 0. The van der Waals surface area contributed by atoms with Gasteiger partial charge in [-0.1, -0.05) is 31.8 Å². The predicted octanol–water partition coefficient (Wildman–Crippen LogP) is 1.46. The quantitative estimate of drug-likeness (QED) is 0.216. The molecule has 1 aliphatic rings. The summed E-state index contributed by atoms with van der Waals surface area (Å²) in [5.41, 5.74) is 4.88. The molecule has 98 valence electrons. The van der Waals surface area contributed by atoms with Crippen LogP contribution in [0.15, 0.2) is 5.16 Å². The number of amides is 1. The molecule has 0 radical (unpaired) electrons. The van der Waals surface area contributed by atoms with Crippen molar-refractivity contribution in [2.24, 2.45) is 22.2 Å². The van der Waals surface area contributed by atoms with Crippen LogP contribution in [0.2, 0.25) is 0 Å². The molecule has 1 amide bonds. The summed E-state index contributed by atoms with van der Waals surface area (Å²) in [5.74, 6) is 0.405. The van der Waals surface area contributed by atoms with Gasteiger partial charge in [0.15, 0.2) is 5.84 Å². The molecule has 0 aromatic heterocycles. The highest BCUT2D eigenvalue weighted by Crippen LogP contribution is 2.45. The van der Waals surface area contributed by atoms with Gasteiger partial charge in [0.2, 0.25) is 5.91 Å². The largest absolute Gasteiger partial charge is 0.409 e. The van der Waals surface area contributed by atoms with E-state index in [4.69, 9.17) is 10.9 Å². The van der Waals surface area contributed by atoms with E-state index < -0.39 is 5.41 Å². The summed E-state index contributed by atoms with van der Waals surface area (Å²) in [7, 11) is 0. The summed E-state index contributed by atoms with van der Waals surface area (Å²) in [6.07, 6.45) is 4.54. The normalized spacial score (nSPS) is 28.6. The fourth-order valence-electron chi connectivity index (χ4n) is 2.48. The minimum absolute atomic E-state index is 0.0450. The second kappa shape index (κ2) is 5.89. The highest BCUT2D eigenvalue weighted by Gasteiger charge is 2.51. The smallest absolute Gasteiger partial charge is 0.233 e. The van der Waals surface area contributed by atoms with E-state index in [-0.39, 0.29) is 11.7 Å². The minimum Gasteiger partial charge on any atom is -0.409 e. The first kappa shape index (κ1) is 13.8. The number of nitrogens with one attached hydrogen (secondary N) is 1. The zero-order valence-corrected chi connectivity index (χ0v) is 10.7. The molecule has 4 N–H and O–H groups in total. The number of hydrogen-bond acceptors (Lipinski definition) is 3. The second-order valence-corrected chi connectivity index (χ2v) is 5.04. The van der Waals surface area contributed by atoms with Crippen LogP contribution in [-0.4, -0.2) is 23.5 Å². The van der Waals surface area contributed by atoms with Crippen LogP contribution in [-0.2, 0) is 4.79 Å². The molecule has 0 aromatic rings. The van der Waals surface area contributed by atoms with Crippen molar-refractivity contribution >= 4 is 11.7 Å². The Morgan fingerprint density at radius 1 is 1.53 bits per heavy atom. The molecule has 0 atom stereocenters. The maximum atomic E-state index is 12.1. The monoisotopic (exact) mass is 241 g/mol. The number of amidine groups is 1. The molecule has 1 rings (SSSR count). The van der Waals surface area contributed by atoms with E-state index in [0.29, 0.717) is 25.3 Å². The number of carbonyl (C=O) groups is 1. The maximum absolute atomic E-state index is 12.1. The summed E-state index contributed by atoms with van der Waals surface area (Å²) >= 11 is 0. The van der Waals surface area contributed by atoms with Crippen LogP contribution in [0.1, 0.15) is 46.0 Å². The third-order valence-electron chi connectivity index (χ3n) is 3.49. The van der Waals surface area contributed by atoms with Gasteiger partial charge in [-0.2, -0.15) is 0 Å². The zero-order chi connectivity index (χ0) is 12.9. The van der Waals surface area contributed by atoms with Gasteiger partial charge >= 0.3 is 0 Å². The molecule has 5 heteroatoms.